The van der Waals surface area contributed by atoms with Crippen LogP contribution in [-0.4, -0.2) is 44.2 Å². The molecule has 0 radical (unpaired) electrons. The maximum absolute atomic E-state index is 15.0. The smallest absolute Gasteiger partial charge is 0.407 e. The van der Waals surface area contributed by atoms with Crippen molar-refractivity contribution < 1.29 is 32.2 Å². The van der Waals surface area contributed by atoms with Gasteiger partial charge in [-0.1, -0.05) is 0 Å². The molecule has 0 unspecified atom stereocenters. The Bertz CT molecular complexity index is 941. The van der Waals surface area contributed by atoms with Gasteiger partial charge in [0, 0.05) is 6.54 Å². The summed E-state index contributed by atoms with van der Waals surface area (Å²) in [5, 5.41) is 12.8. The van der Waals surface area contributed by atoms with Crippen molar-refractivity contribution in [3.05, 3.63) is 23.0 Å². The van der Waals surface area contributed by atoms with Crippen LogP contribution in [0, 0.1) is 11.7 Å². The Morgan fingerprint density at radius 2 is 2.11 bits per heavy atom. The van der Waals surface area contributed by atoms with E-state index in [0.717, 1.165) is 0 Å². The van der Waals surface area contributed by atoms with Crippen LogP contribution in [0.5, 0.6) is 5.75 Å². The standard InChI is InChI=1S/C17H22FN3O6S/c1-17(2,3)27-16(24)19-7-9-4-10-6-12(22)15(14(18)11(10)5-9)21-8-13(23)20-28(21,25)26/h6,9,22H,4-5,7-8H2,1-3H3,(H,19,24)(H,20,23)/t9-/m0/s1. The number of phenolic OH excluding ortho intramolecular Hbond substituents is 1. The Morgan fingerprint density at radius 1 is 1.43 bits per heavy atom. The third kappa shape index (κ3) is 3.98. The Balaban J connectivity index is 1.77. The second-order valence-corrected chi connectivity index (χ2v) is 9.48. The van der Waals surface area contributed by atoms with Gasteiger partial charge in [-0.15, -0.1) is 0 Å². The number of anilines is 1. The first-order chi connectivity index (χ1) is 12.9. The number of nitrogens with zero attached hydrogens (tertiary/aromatic N) is 1. The normalized spacial score (nSPS) is 20.6. The molecule has 1 atom stereocenters. The third-order valence-corrected chi connectivity index (χ3v) is 5.80. The highest BCUT2D eigenvalue weighted by Crippen LogP contribution is 2.41. The first-order valence-electron chi connectivity index (χ1n) is 8.71. The van der Waals surface area contributed by atoms with Crippen LogP contribution in [0.4, 0.5) is 14.9 Å². The molecule has 2 aliphatic rings. The van der Waals surface area contributed by atoms with E-state index < -0.39 is 51.6 Å². The maximum atomic E-state index is 15.0. The lowest BCUT2D eigenvalue weighted by Crippen LogP contribution is -2.35. The molecule has 28 heavy (non-hydrogen) atoms. The fourth-order valence-electron chi connectivity index (χ4n) is 3.36. The topological polar surface area (TPSA) is 125 Å². The molecule has 0 spiro atoms. The van der Waals surface area contributed by atoms with E-state index in [-0.39, 0.29) is 24.4 Å². The molecule has 154 valence electrons. The molecular formula is C17H22FN3O6S. The molecule has 2 amide bonds. The van der Waals surface area contributed by atoms with E-state index in [4.69, 9.17) is 4.74 Å². The van der Waals surface area contributed by atoms with Gasteiger partial charge in [-0.3, -0.25) is 4.79 Å². The summed E-state index contributed by atoms with van der Waals surface area (Å²) in [4.78, 5) is 23.2. The molecule has 0 saturated carbocycles. The highest BCUT2D eigenvalue weighted by atomic mass is 32.2. The number of phenols is 1. The summed E-state index contributed by atoms with van der Waals surface area (Å²) in [6.07, 6.45) is 0.0690. The third-order valence-electron chi connectivity index (χ3n) is 4.42. The highest BCUT2D eigenvalue weighted by Gasteiger charge is 2.39. The van der Waals surface area contributed by atoms with Crippen LogP contribution < -0.4 is 14.3 Å². The molecule has 11 heteroatoms. The lowest BCUT2D eigenvalue weighted by molar-refractivity contribution is -0.117. The van der Waals surface area contributed by atoms with E-state index in [2.05, 4.69) is 5.32 Å². The van der Waals surface area contributed by atoms with Gasteiger partial charge in [0.25, 0.3) is 5.91 Å². The summed E-state index contributed by atoms with van der Waals surface area (Å²) in [6, 6.07) is 1.31. The summed E-state index contributed by atoms with van der Waals surface area (Å²) in [5.41, 5.74) is -0.385. The molecule has 9 nitrogen and oxygen atoms in total. The van der Waals surface area contributed by atoms with Gasteiger partial charge in [-0.25, -0.2) is 18.2 Å². The molecule has 3 rings (SSSR count). The number of rotatable bonds is 3. The van der Waals surface area contributed by atoms with Crippen molar-refractivity contribution in [1.29, 1.82) is 0 Å². The molecule has 0 aromatic heterocycles. The number of aromatic hydroxyl groups is 1. The fourth-order valence-corrected chi connectivity index (χ4v) is 4.52. The minimum atomic E-state index is -4.24. The van der Waals surface area contributed by atoms with Crippen LogP contribution in [0.25, 0.3) is 0 Å². The molecule has 1 saturated heterocycles. The average Bonchev–Trinajstić information content (AvgIpc) is 3.04. The lowest BCUT2D eigenvalue weighted by atomic mass is 10.1. The van der Waals surface area contributed by atoms with Crippen molar-refractivity contribution in [2.45, 2.75) is 39.2 Å². The number of carbonyl (C=O) groups is 2. The molecule has 1 aromatic rings. The Morgan fingerprint density at radius 3 is 2.68 bits per heavy atom. The minimum Gasteiger partial charge on any atom is -0.506 e. The molecule has 1 heterocycles. The van der Waals surface area contributed by atoms with Crippen LogP contribution in [-0.2, 0) is 32.6 Å². The van der Waals surface area contributed by atoms with Gasteiger partial charge in [0.2, 0.25) is 0 Å². The van der Waals surface area contributed by atoms with E-state index in [9.17, 15) is 23.1 Å². The molecule has 1 aliphatic carbocycles. The average molecular weight is 415 g/mol. The molecule has 1 aliphatic heterocycles. The SMILES string of the molecule is CC(C)(C)OC(=O)NC[C@H]1Cc2cc(O)c(N3CC(=O)NS3(=O)=O)c(F)c2C1. The first kappa shape index (κ1) is 20.2. The number of amides is 2. The summed E-state index contributed by atoms with van der Waals surface area (Å²) < 4.78 is 46.4. The predicted octanol–water partition coefficient (Wildman–Crippen LogP) is 0.952. The lowest BCUT2D eigenvalue weighted by Gasteiger charge is -2.20. The molecule has 1 fully saturated rings. The van der Waals surface area contributed by atoms with Crippen LogP contribution in [0.1, 0.15) is 31.9 Å². The molecule has 3 N–H and O–H groups in total. The Labute approximate surface area is 162 Å². The van der Waals surface area contributed by atoms with E-state index in [1.165, 1.54) is 6.07 Å². The van der Waals surface area contributed by atoms with Gasteiger partial charge in [0.1, 0.15) is 23.6 Å². The van der Waals surface area contributed by atoms with Crippen molar-refractivity contribution in [3.8, 4) is 5.75 Å². The molecule has 0 bridgehead atoms. The van der Waals surface area contributed by atoms with Gasteiger partial charge in [-0.2, -0.15) is 8.42 Å². The number of carbonyl (C=O) groups excluding carboxylic acids is 2. The predicted molar refractivity (Wildman–Crippen MR) is 97.6 cm³/mol. The van der Waals surface area contributed by atoms with Gasteiger partial charge in [-0.05, 0) is 56.7 Å². The summed E-state index contributed by atoms with van der Waals surface area (Å²) in [7, 11) is -4.24. The second kappa shape index (κ2) is 6.80. The Kier molecular flexibility index (Phi) is 4.90. The molecular weight excluding hydrogens is 393 g/mol. The van der Waals surface area contributed by atoms with Crippen LogP contribution in [0.15, 0.2) is 6.07 Å². The largest absolute Gasteiger partial charge is 0.506 e. The minimum absolute atomic E-state index is 0.137. The van der Waals surface area contributed by atoms with Gasteiger partial charge in [0.15, 0.2) is 5.82 Å². The summed E-state index contributed by atoms with van der Waals surface area (Å²) >= 11 is 0. The summed E-state index contributed by atoms with van der Waals surface area (Å²) in [5.74, 6) is -2.38. The number of ether oxygens (including phenoxy) is 1. The highest BCUT2D eigenvalue weighted by molar-refractivity contribution is 7.92. The number of halogens is 1. The summed E-state index contributed by atoms with van der Waals surface area (Å²) in [6.45, 7) is 4.85. The van der Waals surface area contributed by atoms with E-state index in [0.29, 0.717) is 16.3 Å². The first-order valence-corrected chi connectivity index (χ1v) is 10.1. The van der Waals surface area contributed by atoms with E-state index in [1.54, 1.807) is 25.5 Å². The quantitative estimate of drug-likeness (QED) is 0.675. The van der Waals surface area contributed by atoms with Crippen molar-refractivity contribution in [3.63, 3.8) is 0 Å². The second-order valence-electron chi connectivity index (χ2n) is 7.89. The van der Waals surface area contributed by atoms with Crippen LogP contribution >= 0.6 is 0 Å². The Hall–Kier alpha value is -2.56. The van der Waals surface area contributed by atoms with Crippen molar-refractivity contribution in [2.75, 3.05) is 17.4 Å². The maximum Gasteiger partial charge on any atom is 0.407 e. The zero-order valence-electron chi connectivity index (χ0n) is 15.7. The van der Waals surface area contributed by atoms with Crippen LogP contribution in [0.3, 0.4) is 0 Å². The van der Waals surface area contributed by atoms with Gasteiger partial charge < -0.3 is 15.2 Å². The van der Waals surface area contributed by atoms with Crippen molar-refractivity contribution in [2.24, 2.45) is 5.92 Å². The zero-order valence-corrected chi connectivity index (χ0v) is 16.5. The van der Waals surface area contributed by atoms with Gasteiger partial charge in [0.05, 0.1) is 0 Å². The van der Waals surface area contributed by atoms with Gasteiger partial charge >= 0.3 is 16.3 Å². The molecule has 1 aromatic carbocycles. The fraction of sp³-hybridized carbons (Fsp3) is 0.529. The number of alkyl carbamates (subject to hydrolysis) is 1. The van der Waals surface area contributed by atoms with E-state index in [1.807, 2.05) is 0 Å². The number of fused-ring (bicyclic) bond motifs is 1. The number of nitrogens with one attached hydrogen (secondary N) is 2. The monoisotopic (exact) mass is 415 g/mol. The number of hydrogen-bond acceptors (Lipinski definition) is 6. The number of benzene rings is 1. The van der Waals surface area contributed by atoms with Crippen molar-refractivity contribution >= 4 is 27.9 Å². The van der Waals surface area contributed by atoms with Crippen LogP contribution in [0.2, 0.25) is 0 Å². The van der Waals surface area contributed by atoms with Crippen molar-refractivity contribution in [1.82, 2.24) is 10.0 Å². The van der Waals surface area contributed by atoms with E-state index >= 15 is 4.39 Å². The number of hydrogen-bond donors (Lipinski definition) is 3. The zero-order chi connectivity index (χ0) is 20.9.